The maximum Gasteiger partial charge on any atom is 0.306 e. The van der Waals surface area contributed by atoms with Gasteiger partial charge in [-0.15, -0.1) is 0 Å². The molecule has 0 aliphatic carbocycles. The molecule has 0 saturated carbocycles. The maximum atomic E-state index is 12.7. The average Bonchev–Trinajstić information content (AvgIpc) is 3.18. The Morgan fingerprint density at radius 2 is 0.709 bits per heavy atom. The summed E-state index contributed by atoms with van der Waals surface area (Å²) in [7, 11) is 0. The number of ether oxygens (including phenoxy) is 3. The molecule has 0 radical (unpaired) electrons. The molecule has 0 aromatic heterocycles. The lowest BCUT2D eigenvalue weighted by Gasteiger charge is -2.18. The van der Waals surface area contributed by atoms with Gasteiger partial charge in [0.2, 0.25) is 0 Å². The van der Waals surface area contributed by atoms with Crippen LogP contribution < -0.4 is 0 Å². The fourth-order valence-electron chi connectivity index (χ4n) is 6.37. The molecule has 0 bridgehead atoms. The van der Waals surface area contributed by atoms with E-state index in [1.165, 1.54) is 89.9 Å². The lowest BCUT2D eigenvalue weighted by molar-refractivity contribution is -0.167. The van der Waals surface area contributed by atoms with Crippen molar-refractivity contribution >= 4 is 17.9 Å². The summed E-state index contributed by atoms with van der Waals surface area (Å²) < 4.78 is 16.7. The van der Waals surface area contributed by atoms with Gasteiger partial charge in [-0.25, -0.2) is 0 Å². The minimum absolute atomic E-state index is 0.0791. The van der Waals surface area contributed by atoms with Crippen LogP contribution in [0.4, 0.5) is 0 Å². The van der Waals surface area contributed by atoms with Gasteiger partial charge < -0.3 is 14.2 Å². The smallest absolute Gasteiger partial charge is 0.306 e. The Kier molecular flexibility index (Phi) is 42.0. The molecule has 318 valence electrons. The number of unbranched alkanes of at least 4 members (excludes halogenated alkanes) is 22. The van der Waals surface area contributed by atoms with Gasteiger partial charge in [0, 0.05) is 19.3 Å². The number of carbonyl (C=O) groups excluding carboxylic acids is 3. The Hall–Kier alpha value is -2.63. The number of hydrogen-bond donors (Lipinski definition) is 0. The lowest BCUT2D eigenvalue weighted by Crippen LogP contribution is -2.30. The molecule has 6 heteroatoms. The van der Waals surface area contributed by atoms with E-state index in [1.807, 2.05) is 0 Å². The summed E-state index contributed by atoms with van der Waals surface area (Å²) in [6.07, 6.45) is 51.0. The van der Waals surface area contributed by atoms with Crippen LogP contribution in [0.3, 0.4) is 0 Å². The Morgan fingerprint density at radius 3 is 1.11 bits per heavy atom. The van der Waals surface area contributed by atoms with Crippen LogP contribution in [0.2, 0.25) is 0 Å². The highest BCUT2D eigenvalue weighted by molar-refractivity contribution is 5.71. The Balaban J connectivity index is 4.33. The molecule has 0 aromatic rings. The van der Waals surface area contributed by atoms with Crippen LogP contribution in [-0.2, 0) is 28.6 Å². The number of hydrogen-bond acceptors (Lipinski definition) is 6. The second-order valence-electron chi connectivity index (χ2n) is 15.3. The second-order valence-corrected chi connectivity index (χ2v) is 15.3. The van der Waals surface area contributed by atoms with E-state index >= 15 is 0 Å². The van der Waals surface area contributed by atoms with E-state index in [1.54, 1.807) is 0 Å². The van der Waals surface area contributed by atoms with Crippen molar-refractivity contribution in [2.75, 3.05) is 13.2 Å². The molecule has 0 fully saturated rings. The van der Waals surface area contributed by atoms with Gasteiger partial charge in [-0.1, -0.05) is 198 Å². The first-order valence-corrected chi connectivity index (χ1v) is 23.1. The third-order valence-electron chi connectivity index (χ3n) is 9.85. The van der Waals surface area contributed by atoms with Gasteiger partial charge in [-0.3, -0.25) is 14.4 Å². The number of rotatable bonds is 41. The highest BCUT2D eigenvalue weighted by Gasteiger charge is 2.19. The van der Waals surface area contributed by atoms with Crippen molar-refractivity contribution in [2.24, 2.45) is 0 Å². The quantitative estimate of drug-likeness (QED) is 0.0267. The Labute approximate surface area is 339 Å². The molecular formula is C49H86O6. The van der Waals surface area contributed by atoms with Crippen LogP contribution in [-0.4, -0.2) is 37.2 Å². The SMILES string of the molecule is CC/C=C\C/C=C\C/C=C\C/C=C\CCCCCCC(=O)OCC(COC(=O)CCCCCCCCC)OC(=O)CCCCCCCCCCCCCCC. The summed E-state index contributed by atoms with van der Waals surface area (Å²) in [6.45, 7) is 6.46. The third-order valence-corrected chi connectivity index (χ3v) is 9.85. The molecule has 0 heterocycles. The van der Waals surface area contributed by atoms with E-state index in [4.69, 9.17) is 14.2 Å². The second kappa shape index (κ2) is 44.1. The van der Waals surface area contributed by atoms with Gasteiger partial charge in [0.25, 0.3) is 0 Å². The first-order chi connectivity index (χ1) is 27.0. The van der Waals surface area contributed by atoms with Gasteiger partial charge in [0.15, 0.2) is 6.10 Å². The van der Waals surface area contributed by atoms with Gasteiger partial charge in [-0.05, 0) is 57.8 Å². The van der Waals surface area contributed by atoms with Gasteiger partial charge >= 0.3 is 17.9 Å². The van der Waals surface area contributed by atoms with Crippen LogP contribution in [0.15, 0.2) is 48.6 Å². The minimum Gasteiger partial charge on any atom is -0.462 e. The fourth-order valence-corrected chi connectivity index (χ4v) is 6.37. The minimum atomic E-state index is -0.775. The van der Waals surface area contributed by atoms with Crippen molar-refractivity contribution < 1.29 is 28.6 Å². The zero-order chi connectivity index (χ0) is 40.1. The molecule has 0 aromatic carbocycles. The summed E-state index contributed by atoms with van der Waals surface area (Å²) in [5.74, 6) is -0.908. The number of esters is 3. The van der Waals surface area contributed by atoms with Crippen molar-refractivity contribution in [2.45, 2.75) is 232 Å². The van der Waals surface area contributed by atoms with Crippen LogP contribution in [0.1, 0.15) is 226 Å². The Bertz CT molecular complexity index is 980. The lowest BCUT2D eigenvalue weighted by atomic mass is 10.0. The van der Waals surface area contributed by atoms with Gasteiger partial charge in [-0.2, -0.15) is 0 Å². The van der Waals surface area contributed by atoms with Crippen molar-refractivity contribution in [3.63, 3.8) is 0 Å². The summed E-state index contributed by atoms with van der Waals surface area (Å²) >= 11 is 0. The average molecular weight is 771 g/mol. The van der Waals surface area contributed by atoms with E-state index in [0.29, 0.717) is 19.3 Å². The van der Waals surface area contributed by atoms with Crippen molar-refractivity contribution in [3.05, 3.63) is 48.6 Å². The van der Waals surface area contributed by atoms with Crippen LogP contribution >= 0.6 is 0 Å². The zero-order valence-corrected chi connectivity index (χ0v) is 36.2. The molecule has 0 rings (SSSR count). The number of carbonyl (C=O) groups is 3. The highest BCUT2D eigenvalue weighted by Crippen LogP contribution is 2.14. The molecule has 1 atom stereocenters. The number of allylic oxidation sites excluding steroid dienone is 8. The highest BCUT2D eigenvalue weighted by atomic mass is 16.6. The summed E-state index contributed by atoms with van der Waals surface area (Å²) in [6, 6.07) is 0. The molecule has 0 aliphatic rings. The standard InChI is InChI=1S/C49H86O6/c1-4-7-10-13-16-18-20-22-23-24-25-27-28-30-33-36-39-42-48(51)54-45-46(44-53-47(50)41-38-35-32-15-12-9-6-3)55-49(52)43-40-37-34-31-29-26-21-19-17-14-11-8-5-2/h7,10,16,18,22-23,25,27,46H,4-6,8-9,11-15,17,19-21,24,26,28-45H2,1-3H3/b10-7-,18-16-,23-22-,27-25-. The predicted octanol–water partition coefficient (Wildman–Crippen LogP) is 14.8. The van der Waals surface area contributed by atoms with Crippen LogP contribution in [0, 0.1) is 0 Å². The van der Waals surface area contributed by atoms with Crippen LogP contribution in [0.5, 0.6) is 0 Å². The van der Waals surface area contributed by atoms with E-state index in [9.17, 15) is 14.4 Å². The topological polar surface area (TPSA) is 78.9 Å². The van der Waals surface area contributed by atoms with Crippen molar-refractivity contribution in [1.82, 2.24) is 0 Å². The first kappa shape index (κ1) is 52.4. The van der Waals surface area contributed by atoms with E-state index in [0.717, 1.165) is 96.3 Å². The molecule has 0 aliphatic heterocycles. The summed E-state index contributed by atoms with van der Waals surface area (Å²) in [5, 5.41) is 0. The summed E-state index contributed by atoms with van der Waals surface area (Å²) in [4.78, 5) is 37.6. The first-order valence-electron chi connectivity index (χ1n) is 23.1. The van der Waals surface area contributed by atoms with Crippen LogP contribution in [0.25, 0.3) is 0 Å². The molecule has 0 amide bonds. The Morgan fingerprint density at radius 1 is 0.382 bits per heavy atom. The molecule has 6 nitrogen and oxygen atoms in total. The zero-order valence-electron chi connectivity index (χ0n) is 36.2. The molecule has 1 unspecified atom stereocenters. The predicted molar refractivity (Wildman–Crippen MR) is 233 cm³/mol. The molecule has 0 N–H and O–H groups in total. The summed E-state index contributed by atoms with van der Waals surface area (Å²) in [5.41, 5.74) is 0. The van der Waals surface area contributed by atoms with Crippen molar-refractivity contribution in [3.8, 4) is 0 Å². The third kappa shape index (κ3) is 42.4. The van der Waals surface area contributed by atoms with E-state index < -0.39 is 6.10 Å². The molecular weight excluding hydrogens is 685 g/mol. The van der Waals surface area contributed by atoms with E-state index in [2.05, 4.69) is 69.4 Å². The van der Waals surface area contributed by atoms with Crippen molar-refractivity contribution in [1.29, 1.82) is 0 Å². The van der Waals surface area contributed by atoms with Gasteiger partial charge in [0.05, 0.1) is 0 Å². The van der Waals surface area contributed by atoms with Gasteiger partial charge in [0.1, 0.15) is 13.2 Å². The molecule has 0 saturated heterocycles. The molecule has 55 heavy (non-hydrogen) atoms. The normalized spacial score (nSPS) is 12.4. The maximum absolute atomic E-state index is 12.7. The monoisotopic (exact) mass is 771 g/mol. The molecule has 0 spiro atoms. The largest absolute Gasteiger partial charge is 0.462 e. The fraction of sp³-hybridized carbons (Fsp3) is 0.776. The van der Waals surface area contributed by atoms with E-state index in [-0.39, 0.29) is 31.1 Å².